The van der Waals surface area contributed by atoms with Gasteiger partial charge in [0.05, 0.1) is 17.0 Å². The van der Waals surface area contributed by atoms with Crippen LogP contribution < -0.4 is 5.73 Å². The number of amides is 2. The predicted molar refractivity (Wildman–Crippen MR) is 90.5 cm³/mol. The molecule has 0 bridgehead atoms. The number of pyridine rings is 1. The van der Waals surface area contributed by atoms with E-state index in [1.807, 2.05) is 6.26 Å². The number of piperidine rings is 1. The largest absolute Gasteiger partial charge is 0.369 e. The van der Waals surface area contributed by atoms with Crippen LogP contribution in [-0.2, 0) is 4.79 Å². The van der Waals surface area contributed by atoms with E-state index in [-0.39, 0.29) is 17.7 Å². The molecular formula is C17H20N4O2S. The van der Waals surface area contributed by atoms with Crippen LogP contribution in [0, 0.1) is 17.2 Å². The fourth-order valence-electron chi connectivity index (χ4n) is 3.12. The molecule has 1 aromatic rings. The van der Waals surface area contributed by atoms with E-state index in [2.05, 4.69) is 11.1 Å². The first kappa shape index (κ1) is 16.8. The highest BCUT2D eigenvalue weighted by Gasteiger charge is 2.32. The number of carbonyl (C=O) groups excluding carboxylic acids is 2. The molecule has 1 aliphatic carbocycles. The van der Waals surface area contributed by atoms with Gasteiger partial charge in [-0.25, -0.2) is 4.98 Å². The average Bonchev–Trinajstić information content (AvgIpc) is 3.45. The zero-order valence-electron chi connectivity index (χ0n) is 13.6. The smallest absolute Gasteiger partial charge is 0.255 e. The lowest BCUT2D eigenvalue weighted by molar-refractivity contribution is -0.123. The molecule has 6 nitrogen and oxygen atoms in total. The highest BCUT2D eigenvalue weighted by molar-refractivity contribution is 7.98. The maximum Gasteiger partial charge on any atom is 0.255 e. The van der Waals surface area contributed by atoms with Crippen LogP contribution in [0.1, 0.15) is 53.2 Å². The lowest BCUT2D eigenvalue weighted by atomic mass is 9.96. The van der Waals surface area contributed by atoms with Crippen molar-refractivity contribution in [3.05, 3.63) is 22.9 Å². The number of nitrogens with zero attached hydrogens (tertiary/aromatic N) is 3. The maximum absolute atomic E-state index is 13.0. The second-order valence-electron chi connectivity index (χ2n) is 6.36. The number of aromatic nitrogens is 1. The van der Waals surface area contributed by atoms with Gasteiger partial charge in [0.2, 0.25) is 5.91 Å². The number of carbonyl (C=O) groups is 2. The second kappa shape index (κ2) is 6.81. The van der Waals surface area contributed by atoms with E-state index in [0.717, 1.165) is 25.0 Å². The van der Waals surface area contributed by atoms with Crippen LogP contribution in [0.4, 0.5) is 0 Å². The standard InChI is InChI=1S/C17H20N4O2S/c1-24-16-13(8-18)12(7-14(20-16)10-4-5-10)17(23)21-6-2-3-11(9-21)15(19)22/h7,10-11H,2-6,9H2,1H3,(H2,19,22)/t11-/m0/s1. The van der Waals surface area contributed by atoms with Gasteiger partial charge in [-0.3, -0.25) is 9.59 Å². The van der Waals surface area contributed by atoms with Gasteiger partial charge in [-0.05, 0) is 38.0 Å². The molecule has 3 rings (SSSR count). The maximum atomic E-state index is 13.0. The van der Waals surface area contributed by atoms with E-state index >= 15 is 0 Å². The lowest BCUT2D eigenvalue weighted by Crippen LogP contribution is -2.44. The van der Waals surface area contributed by atoms with Gasteiger partial charge in [-0.15, -0.1) is 11.8 Å². The summed E-state index contributed by atoms with van der Waals surface area (Å²) in [6, 6.07) is 3.90. The van der Waals surface area contributed by atoms with Crippen molar-refractivity contribution in [2.75, 3.05) is 19.3 Å². The summed E-state index contributed by atoms with van der Waals surface area (Å²) in [5.41, 5.74) is 7.03. The van der Waals surface area contributed by atoms with E-state index in [9.17, 15) is 14.9 Å². The van der Waals surface area contributed by atoms with Gasteiger partial charge < -0.3 is 10.6 Å². The summed E-state index contributed by atoms with van der Waals surface area (Å²) < 4.78 is 0. The number of rotatable bonds is 4. The van der Waals surface area contributed by atoms with Crippen LogP contribution in [0.2, 0.25) is 0 Å². The molecule has 1 saturated carbocycles. The first-order valence-electron chi connectivity index (χ1n) is 8.12. The minimum Gasteiger partial charge on any atom is -0.369 e. The Labute approximate surface area is 145 Å². The molecule has 2 fully saturated rings. The quantitative estimate of drug-likeness (QED) is 0.841. The highest BCUT2D eigenvalue weighted by atomic mass is 32.2. The van der Waals surface area contributed by atoms with Crippen molar-refractivity contribution >= 4 is 23.6 Å². The van der Waals surface area contributed by atoms with Crippen molar-refractivity contribution in [3.8, 4) is 6.07 Å². The van der Waals surface area contributed by atoms with Crippen LogP contribution in [0.3, 0.4) is 0 Å². The summed E-state index contributed by atoms with van der Waals surface area (Å²) in [6.45, 7) is 0.915. The molecule has 1 saturated heterocycles. The molecule has 1 aliphatic heterocycles. The third-order valence-electron chi connectivity index (χ3n) is 4.65. The number of hydrogen-bond donors (Lipinski definition) is 1. The Morgan fingerprint density at radius 2 is 2.17 bits per heavy atom. The molecule has 7 heteroatoms. The Morgan fingerprint density at radius 1 is 1.42 bits per heavy atom. The van der Waals surface area contributed by atoms with Gasteiger partial charge in [-0.1, -0.05) is 0 Å². The summed E-state index contributed by atoms with van der Waals surface area (Å²) in [5, 5.41) is 10.1. The molecule has 24 heavy (non-hydrogen) atoms. The third-order valence-corrected chi connectivity index (χ3v) is 5.33. The molecule has 0 aromatic carbocycles. The molecule has 1 atom stereocenters. The fourth-order valence-corrected chi connectivity index (χ4v) is 3.67. The second-order valence-corrected chi connectivity index (χ2v) is 7.15. The summed E-state index contributed by atoms with van der Waals surface area (Å²) in [4.78, 5) is 30.6. The van der Waals surface area contributed by atoms with Crippen molar-refractivity contribution in [1.82, 2.24) is 9.88 Å². The van der Waals surface area contributed by atoms with Gasteiger partial charge in [0, 0.05) is 24.7 Å². The van der Waals surface area contributed by atoms with Gasteiger partial charge in [0.15, 0.2) is 0 Å². The molecule has 2 amide bonds. The average molecular weight is 344 g/mol. The Hall–Kier alpha value is -2.07. The topological polar surface area (TPSA) is 100 Å². The Balaban J connectivity index is 1.95. The Kier molecular flexibility index (Phi) is 4.76. The normalized spacial score (nSPS) is 20.5. The van der Waals surface area contributed by atoms with E-state index < -0.39 is 0 Å². The first-order valence-corrected chi connectivity index (χ1v) is 9.35. The van der Waals surface area contributed by atoms with Gasteiger partial charge >= 0.3 is 0 Å². The number of nitriles is 1. The minimum atomic E-state index is -0.369. The fraction of sp³-hybridized carbons (Fsp3) is 0.529. The number of primary amides is 1. The van der Waals surface area contributed by atoms with Crippen LogP contribution in [0.5, 0.6) is 0 Å². The summed E-state index contributed by atoms with van der Waals surface area (Å²) in [6.07, 6.45) is 5.47. The number of nitrogens with two attached hydrogens (primary N) is 1. The van der Waals surface area contributed by atoms with Crippen LogP contribution in [0.25, 0.3) is 0 Å². The molecule has 0 radical (unpaired) electrons. The van der Waals surface area contributed by atoms with E-state index in [1.54, 1.807) is 11.0 Å². The van der Waals surface area contributed by atoms with Crippen LogP contribution in [-0.4, -0.2) is 41.0 Å². The molecule has 2 heterocycles. The van der Waals surface area contributed by atoms with Gasteiger partial charge in [0.25, 0.3) is 5.91 Å². The van der Waals surface area contributed by atoms with Crippen molar-refractivity contribution in [3.63, 3.8) is 0 Å². The zero-order valence-corrected chi connectivity index (χ0v) is 14.4. The Bertz CT molecular complexity index is 724. The van der Waals surface area contributed by atoms with Crippen LogP contribution in [0.15, 0.2) is 11.1 Å². The van der Waals surface area contributed by atoms with Crippen molar-refractivity contribution in [1.29, 1.82) is 5.26 Å². The first-order chi connectivity index (χ1) is 11.5. The highest BCUT2D eigenvalue weighted by Crippen LogP contribution is 2.40. The SMILES string of the molecule is CSc1nc(C2CC2)cc(C(=O)N2CCC[C@H](C(N)=O)C2)c1C#N. The number of hydrogen-bond acceptors (Lipinski definition) is 5. The van der Waals surface area contributed by atoms with Gasteiger partial charge in [-0.2, -0.15) is 5.26 Å². The Morgan fingerprint density at radius 3 is 2.75 bits per heavy atom. The van der Waals surface area contributed by atoms with E-state index in [4.69, 9.17) is 5.73 Å². The third kappa shape index (κ3) is 3.24. The number of likely N-dealkylation sites (tertiary alicyclic amines) is 1. The van der Waals surface area contributed by atoms with Crippen LogP contribution >= 0.6 is 11.8 Å². The molecule has 2 aliphatic rings. The number of thioether (sulfide) groups is 1. The molecule has 1 aromatic heterocycles. The molecule has 0 unspecified atom stereocenters. The molecule has 126 valence electrons. The van der Waals surface area contributed by atoms with Crippen molar-refractivity contribution in [2.24, 2.45) is 11.7 Å². The van der Waals surface area contributed by atoms with E-state index in [1.165, 1.54) is 11.8 Å². The minimum absolute atomic E-state index is 0.197. The monoisotopic (exact) mass is 344 g/mol. The summed E-state index contributed by atoms with van der Waals surface area (Å²) in [5.74, 6) is -0.476. The van der Waals surface area contributed by atoms with Gasteiger partial charge in [0.1, 0.15) is 11.1 Å². The summed E-state index contributed by atoms with van der Waals surface area (Å²) >= 11 is 1.38. The van der Waals surface area contributed by atoms with E-state index in [0.29, 0.717) is 41.6 Å². The zero-order chi connectivity index (χ0) is 17.3. The summed E-state index contributed by atoms with van der Waals surface area (Å²) in [7, 11) is 0. The molecular weight excluding hydrogens is 324 g/mol. The van der Waals surface area contributed by atoms with Crippen molar-refractivity contribution < 1.29 is 9.59 Å². The lowest BCUT2D eigenvalue weighted by Gasteiger charge is -2.31. The van der Waals surface area contributed by atoms with Crippen molar-refractivity contribution in [2.45, 2.75) is 36.6 Å². The molecule has 0 spiro atoms. The predicted octanol–water partition coefficient (Wildman–Crippen LogP) is 1.89. The molecule has 2 N–H and O–H groups in total.